The molecule has 0 bridgehead atoms. The van der Waals surface area contributed by atoms with Crippen molar-refractivity contribution in [1.29, 1.82) is 0 Å². The van der Waals surface area contributed by atoms with Crippen LogP contribution in [0.2, 0.25) is 0 Å². The molecule has 0 unspecified atom stereocenters. The van der Waals surface area contributed by atoms with Crippen LogP contribution in [0.5, 0.6) is 0 Å². The first-order valence-corrected chi connectivity index (χ1v) is 11.6. The van der Waals surface area contributed by atoms with Gasteiger partial charge in [0.05, 0.1) is 11.6 Å². The van der Waals surface area contributed by atoms with E-state index in [1.807, 2.05) is 5.10 Å². The molecule has 3 heterocycles. The van der Waals surface area contributed by atoms with Crippen LogP contribution in [0, 0.1) is 5.82 Å². The van der Waals surface area contributed by atoms with Gasteiger partial charge in [-0.1, -0.05) is 30.3 Å². The maximum Gasteiger partial charge on any atom is 0.435 e. The van der Waals surface area contributed by atoms with Gasteiger partial charge < -0.3 is 21.3 Å². The first kappa shape index (κ1) is 25.4. The molecule has 3 aromatic rings. The minimum atomic E-state index is -4.78. The Kier molecular flexibility index (Phi) is 6.18. The Labute approximate surface area is 213 Å². The number of anilines is 1. The Balaban J connectivity index is 1.43. The number of H-pyrrole nitrogens is 1. The molecule has 3 atom stereocenters. The summed E-state index contributed by atoms with van der Waals surface area (Å²) in [4.78, 5) is 40.8. The summed E-state index contributed by atoms with van der Waals surface area (Å²) in [5.74, 6) is -2.57. The number of hydrogen-bond acceptors (Lipinski definition) is 5. The zero-order chi connectivity index (χ0) is 27.2. The quantitative estimate of drug-likeness (QED) is 0.376. The van der Waals surface area contributed by atoms with Gasteiger partial charge in [-0.3, -0.25) is 19.5 Å². The van der Waals surface area contributed by atoms with Crippen LogP contribution in [0.1, 0.15) is 33.7 Å². The van der Waals surface area contributed by atoms with E-state index in [0.717, 1.165) is 0 Å². The third-order valence-corrected chi connectivity index (χ3v) is 6.85. The second-order valence-electron chi connectivity index (χ2n) is 9.34. The SMILES string of the molecule is N[C@@H]1C[C@@]2(CN1C(=O)[C@H](Cc1cccc(F)c1)NC(=O)c1cc(C(F)(F)F)n[nH]1)C(=O)Nc1ccccc12. The fourth-order valence-corrected chi connectivity index (χ4v) is 5.03. The van der Waals surface area contributed by atoms with E-state index < -0.39 is 52.8 Å². The van der Waals surface area contributed by atoms with E-state index in [4.69, 9.17) is 5.73 Å². The van der Waals surface area contributed by atoms with Crippen molar-refractivity contribution >= 4 is 23.4 Å². The summed E-state index contributed by atoms with van der Waals surface area (Å²) in [7, 11) is 0. The van der Waals surface area contributed by atoms with Gasteiger partial charge >= 0.3 is 6.18 Å². The lowest BCUT2D eigenvalue weighted by atomic mass is 9.80. The number of nitrogens with zero attached hydrogens (tertiary/aromatic N) is 2. The Morgan fingerprint density at radius 3 is 2.66 bits per heavy atom. The number of nitrogens with one attached hydrogen (secondary N) is 3. The summed E-state index contributed by atoms with van der Waals surface area (Å²) < 4.78 is 52.7. The van der Waals surface area contributed by atoms with E-state index in [-0.39, 0.29) is 25.3 Å². The number of hydrogen-bond donors (Lipinski definition) is 4. The molecule has 13 heteroatoms. The zero-order valence-corrected chi connectivity index (χ0v) is 19.7. The number of carbonyl (C=O) groups is 3. The van der Waals surface area contributed by atoms with E-state index in [1.54, 1.807) is 30.3 Å². The lowest BCUT2D eigenvalue weighted by Crippen LogP contribution is -2.53. The largest absolute Gasteiger partial charge is 0.435 e. The molecule has 0 radical (unpaired) electrons. The van der Waals surface area contributed by atoms with E-state index in [9.17, 15) is 31.9 Å². The third-order valence-electron chi connectivity index (χ3n) is 6.85. The molecule has 2 aliphatic rings. The number of fused-ring (bicyclic) bond motifs is 2. The molecule has 3 amide bonds. The van der Waals surface area contributed by atoms with Crippen LogP contribution in [0.15, 0.2) is 54.6 Å². The summed E-state index contributed by atoms with van der Waals surface area (Å²) in [6, 6.07) is 11.6. The summed E-state index contributed by atoms with van der Waals surface area (Å²) in [6.07, 6.45) is -5.73. The zero-order valence-electron chi connectivity index (χ0n) is 19.7. The smallest absolute Gasteiger partial charge is 0.339 e. The fraction of sp³-hybridized carbons (Fsp3) is 0.280. The summed E-state index contributed by atoms with van der Waals surface area (Å²) >= 11 is 0. The maximum absolute atomic E-state index is 13.8. The number of nitrogens with two attached hydrogens (primary N) is 1. The number of aromatic amines is 1. The molecule has 0 aliphatic carbocycles. The van der Waals surface area contributed by atoms with Crippen LogP contribution in [0.4, 0.5) is 23.2 Å². The lowest BCUT2D eigenvalue weighted by Gasteiger charge is -2.28. The summed E-state index contributed by atoms with van der Waals surface area (Å²) in [6.45, 7) is -0.0757. The fourth-order valence-electron chi connectivity index (χ4n) is 5.03. The molecular weight excluding hydrogens is 508 g/mol. The van der Waals surface area contributed by atoms with Gasteiger partial charge in [0.2, 0.25) is 11.8 Å². The van der Waals surface area contributed by atoms with E-state index >= 15 is 0 Å². The molecule has 38 heavy (non-hydrogen) atoms. The Morgan fingerprint density at radius 1 is 1.18 bits per heavy atom. The number of amides is 3. The second kappa shape index (κ2) is 9.24. The molecule has 1 spiro atoms. The molecular formula is C25H22F4N6O3. The molecule has 1 aromatic heterocycles. The highest BCUT2D eigenvalue weighted by Crippen LogP contribution is 2.45. The van der Waals surface area contributed by atoms with Crippen molar-refractivity contribution in [2.24, 2.45) is 5.73 Å². The number of carbonyl (C=O) groups excluding carboxylic acids is 3. The highest BCUT2D eigenvalue weighted by atomic mass is 19.4. The molecule has 9 nitrogen and oxygen atoms in total. The monoisotopic (exact) mass is 530 g/mol. The molecule has 5 N–H and O–H groups in total. The van der Waals surface area contributed by atoms with Crippen LogP contribution in [-0.2, 0) is 27.6 Å². The predicted octanol–water partition coefficient (Wildman–Crippen LogP) is 2.32. The molecule has 1 saturated heterocycles. The van der Waals surface area contributed by atoms with Crippen molar-refractivity contribution in [3.63, 3.8) is 0 Å². The summed E-state index contributed by atoms with van der Waals surface area (Å²) in [5.41, 5.74) is 5.07. The van der Waals surface area contributed by atoms with Crippen molar-refractivity contribution < 1.29 is 31.9 Å². The number of para-hydroxylation sites is 1. The van der Waals surface area contributed by atoms with Crippen LogP contribution >= 0.6 is 0 Å². The van der Waals surface area contributed by atoms with E-state index in [0.29, 0.717) is 22.9 Å². The number of likely N-dealkylation sites (tertiary alicyclic amines) is 1. The van der Waals surface area contributed by atoms with Crippen molar-refractivity contribution in [3.8, 4) is 0 Å². The van der Waals surface area contributed by atoms with Gasteiger partial charge in [0.15, 0.2) is 5.69 Å². The van der Waals surface area contributed by atoms with E-state index in [1.165, 1.54) is 23.1 Å². The molecule has 2 aliphatic heterocycles. The first-order chi connectivity index (χ1) is 18.0. The van der Waals surface area contributed by atoms with Gasteiger partial charge in [0.25, 0.3) is 5.91 Å². The normalized spacial score (nSPS) is 21.3. The average Bonchev–Trinajstić information content (AvgIpc) is 3.55. The maximum atomic E-state index is 13.8. The highest BCUT2D eigenvalue weighted by molar-refractivity contribution is 6.07. The predicted molar refractivity (Wildman–Crippen MR) is 126 cm³/mol. The van der Waals surface area contributed by atoms with Gasteiger partial charge in [-0.05, 0) is 29.3 Å². The van der Waals surface area contributed by atoms with Crippen LogP contribution < -0.4 is 16.4 Å². The molecule has 5 rings (SSSR count). The van der Waals surface area contributed by atoms with Crippen LogP contribution in [-0.4, -0.2) is 51.6 Å². The summed E-state index contributed by atoms with van der Waals surface area (Å²) in [5, 5.41) is 10.4. The topological polar surface area (TPSA) is 133 Å². The van der Waals surface area contributed by atoms with Gasteiger partial charge in [-0.25, -0.2) is 4.39 Å². The number of alkyl halides is 3. The van der Waals surface area contributed by atoms with Gasteiger partial charge in [0, 0.05) is 31.1 Å². The van der Waals surface area contributed by atoms with Crippen LogP contribution in [0.25, 0.3) is 0 Å². The minimum absolute atomic E-state index is 0.0757. The molecule has 1 fully saturated rings. The minimum Gasteiger partial charge on any atom is -0.339 e. The number of halogens is 4. The van der Waals surface area contributed by atoms with Gasteiger partial charge in [-0.15, -0.1) is 0 Å². The number of benzene rings is 2. The van der Waals surface area contributed by atoms with Crippen molar-refractivity contribution in [2.75, 3.05) is 11.9 Å². The van der Waals surface area contributed by atoms with Gasteiger partial charge in [-0.2, -0.15) is 18.3 Å². The molecule has 198 valence electrons. The Bertz CT molecular complexity index is 1420. The van der Waals surface area contributed by atoms with Crippen molar-refractivity contribution in [1.82, 2.24) is 20.4 Å². The standard InChI is InChI=1S/C25H22F4N6O3/c26-14-5-3-4-13(8-14)9-18(31-21(36)17-10-19(34-33-17)25(27,28)29)22(37)35-12-24(11-20(35)30)15-6-1-2-7-16(15)32-23(24)38/h1-8,10,18,20H,9,11-12,30H2,(H,31,36)(H,32,38)(H,33,34)/t18-,20-,24-/m0/s1. The van der Waals surface area contributed by atoms with Crippen molar-refractivity contribution in [3.05, 3.63) is 82.9 Å². The molecule has 2 aromatic carbocycles. The Morgan fingerprint density at radius 2 is 1.95 bits per heavy atom. The average molecular weight is 530 g/mol. The Hall–Kier alpha value is -4.26. The van der Waals surface area contributed by atoms with E-state index in [2.05, 4.69) is 15.7 Å². The van der Waals surface area contributed by atoms with Gasteiger partial charge in [0.1, 0.15) is 17.6 Å². The lowest BCUT2D eigenvalue weighted by molar-refractivity contribution is -0.141. The second-order valence-corrected chi connectivity index (χ2v) is 9.34. The number of aromatic nitrogens is 2. The first-order valence-electron chi connectivity index (χ1n) is 11.6. The van der Waals surface area contributed by atoms with Crippen LogP contribution in [0.3, 0.4) is 0 Å². The third kappa shape index (κ3) is 4.49. The highest BCUT2D eigenvalue weighted by Gasteiger charge is 2.55. The van der Waals surface area contributed by atoms with Crippen molar-refractivity contribution in [2.45, 2.75) is 36.6 Å². The number of rotatable bonds is 5. The molecule has 0 saturated carbocycles.